The molecule has 0 spiro atoms. The smallest absolute Gasteiger partial charge is 0.264 e. The Bertz CT molecular complexity index is 804. The number of rotatable bonds is 8. The van der Waals surface area contributed by atoms with E-state index in [0.717, 1.165) is 29.6 Å². The number of hydrogen-bond donors (Lipinski definition) is 0. The van der Waals surface area contributed by atoms with Crippen LogP contribution in [0.4, 0.5) is 0 Å². The van der Waals surface area contributed by atoms with E-state index in [4.69, 9.17) is 32.1 Å². The molecule has 7 heteroatoms. The Morgan fingerprint density at radius 2 is 1.76 bits per heavy atom. The van der Waals surface area contributed by atoms with Crippen molar-refractivity contribution >= 4 is 33.3 Å². The standard InChI is InChI=1S/C18H20Cl2O4S/c1-23-16-8-4-13(5-9-16)3-6-14(12-24-25(2,21)22)17-10-7-15(19)11-18(17)20/h4-5,7-11,14H,3,6,12H2,1-2H3/t14-/m1/s1. The van der Waals surface area contributed by atoms with Gasteiger partial charge < -0.3 is 4.74 Å². The molecule has 0 bridgehead atoms. The normalized spacial score (nSPS) is 12.8. The molecule has 2 rings (SSSR count). The molecule has 0 N–H and O–H groups in total. The number of hydrogen-bond acceptors (Lipinski definition) is 4. The van der Waals surface area contributed by atoms with Crippen LogP contribution in [0.3, 0.4) is 0 Å². The van der Waals surface area contributed by atoms with Crippen molar-refractivity contribution < 1.29 is 17.3 Å². The monoisotopic (exact) mass is 402 g/mol. The Kier molecular flexibility index (Phi) is 7.14. The zero-order chi connectivity index (χ0) is 18.4. The number of ether oxygens (including phenoxy) is 1. The summed E-state index contributed by atoms with van der Waals surface area (Å²) in [7, 11) is -1.90. The van der Waals surface area contributed by atoms with E-state index in [1.165, 1.54) is 0 Å². The fraction of sp³-hybridized carbons (Fsp3) is 0.333. The van der Waals surface area contributed by atoms with E-state index in [0.29, 0.717) is 16.5 Å². The zero-order valence-electron chi connectivity index (χ0n) is 14.0. The van der Waals surface area contributed by atoms with Crippen molar-refractivity contribution in [1.82, 2.24) is 0 Å². The van der Waals surface area contributed by atoms with Gasteiger partial charge in [0.2, 0.25) is 0 Å². The van der Waals surface area contributed by atoms with Gasteiger partial charge in [-0.25, -0.2) is 0 Å². The molecule has 2 aromatic carbocycles. The first-order valence-electron chi connectivity index (χ1n) is 7.71. The molecule has 1 atom stereocenters. The van der Waals surface area contributed by atoms with Crippen molar-refractivity contribution in [2.75, 3.05) is 20.0 Å². The third kappa shape index (κ3) is 6.51. The second-order valence-electron chi connectivity index (χ2n) is 5.74. The molecule has 0 saturated carbocycles. The van der Waals surface area contributed by atoms with E-state index in [-0.39, 0.29) is 12.5 Å². The van der Waals surface area contributed by atoms with Crippen LogP contribution in [0, 0.1) is 0 Å². The molecule has 0 amide bonds. The first kappa shape index (κ1) is 20.0. The molecule has 0 aromatic heterocycles. The van der Waals surface area contributed by atoms with Crippen LogP contribution >= 0.6 is 23.2 Å². The third-order valence-electron chi connectivity index (χ3n) is 3.83. The summed E-state index contributed by atoms with van der Waals surface area (Å²) in [6, 6.07) is 13.0. The molecule has 0 heterocycles. The van der Waals surface area contributed by atoms with Gasteiger partial charge in [-0.05, 0) is 48.2 Å². The molecule has 0 saturated heterocycles. The molecule has 0 fully saturated rings. The summed E-state index contributed by atoms with van der Waals surface area (Å²) < 4.78 is 32.9. The first-order valence-corrected chi connectivity index (χ1v) is 10.3. The van der Waals surface area contributed by atoms with Gasteiger partial charge in [0.05, 0.1) is 20.0 Å². The minimum absolute atomic E-state index is 0.0380. The van der Waals surface area contributed by atoms with Crippen molar-refractivity contribution in [2.45, 2.75) is 18.8 Å². The van der Waals surface area contributed by atoms with Gasteiger partial charge in [-0.15, -0.1) is 0 Å². The van der Waals surface area contributed by atoms with Crippen LogP contribution in [0.2, 0.25) is 10.0 Å². The van der Waals surface area contributed by atoms with Crippen LogP contribution in [0.15, 0.2) is 42.5 Å². The second-order valence-corrected chi connectivity index (χ2v) is 8.23. The third-order valence-corrected chi connectivity index (χ3v) is 4.95. The largest absolute Gasteiger partial charge is 0.497 e. The number of benzene rings is 2. The number of halogens is 2. The summed E-state index contributed by atoms with van der Waals surface area (Å²) in [6.07, 6.45) is 2.47. The molecule has 0 radical (unpaired) electrons. The van der Waals surface area contributed by atoms with E-state index in [1.807, 2.05) is 30.3 Å². The Labute approximate surface area is 158 Å². The Morgan fingerprint density at radius 3 is 2.32 bits per heavy atom. The van der Waals surface area contributed by atoms with Gasteiger partial charge in [0, 0.05) is 16.0 Å². The second kappa shape index (κ2) is 8.90. The molecule has 25 heavy (non-hydrogen) atoms. The summed E-state index contributed by atoms with van der Waals surface area (Å²) in [5, 5.41) is 1.04. The fourth-order valence-corrected chi connectivity index (χ4v) is 3.47. The summed E-state index contributed by atoms with van der Waals surface area (Å²) in [5.41, 5.74) is 1.94. The summed E-state index contributed by atoms with van der Waals surface area (Å²) in [4.78, 5) is 0. The fourth-order valence-electron chi connectivity index (χ4n) is 2.50. The van der Waals surface area contributed by atoms with Crippen LogP contribution in [0.5, 0.6) is 5.75 Å². The van der Waals surface area contributed by atoms with Gasteiger partial charge >= 0.3 is 0 Å². The maximum Gasteiger partial charge on any atom is 0.264 e. The van der Waals surface area contributed by atoms with Gasteiger partial charge in [0.1, 0.15) is 5.75 Å². The molecule has 0 aliphatic heterocycles. The maximum atomic E-state index is 11.4. The van der Waals surface area contributed by atoms with Crippen LogP contribution in [0.1, 0.15) is 23.5 Å². The van der Waals surface area contributed by atoms with Crippen molar-refractivity contribution in [1.29, 1.82) is 0 Å². The SMILES string of the molecule is COc1ccc(CC[C@H](COS(C)(=O)=O)c2ccc(Cl)cc2Cl)cc1. The van der Waals surface area contributed by atoms with Crippen molar-refractivity contribution in [3.63, 3.8) is 0 Å². The van der Waals surface area contributed by atoms with E-state index >= 15 is 0 Å². The van der Waals surface area contributed by atoms with E-state index in [2.05, 4.69) is 0 Å². The lowest BCUT2D eigenvalue weighted by Crippen LogP contribution is -2.13. The molecule has 136 valence electrons. The highest BCUT2D eigenvalue weighted by Gasteiger charge is 2.18. The molecular formula is C18H20Cl2O4S. The molecule has 2 aromatic rings. The molecule has 0 aliphatic carbocycles. The van der Waals surface area contributed by atoms with E-state index in [9.17, 15) is 8.42 Å². The lowest BCUT2D eigenvalue weighted by atomic mass is 9.93. The highest BCUT2D eigenvalue weighted by molar-refractivity contribution is 7.85. The molecule has 0 aliphatic rings. The predicted molar refractivity (Wildman–Crippen MR) is 101 cm³/mol. The Morgan fingerprint density at radius 1 is 1.08 bits per heavy atom. The molecule has 4 nitrogen and oxygen atoms in total. The quantitative estimate of drug-likeness (QED) is 0.600. The van der Waals surface area contributed by atoms with Crippen LogP contribution in [0.25, 0.3) is 0 Å². The average molecular weight is 403 g/mol. The lowest BCUT2D eigenvalue weighted by Gasteiger charge is -2.18. The Hall–Kier alpha value is -1.27. The molecule has 0 unspecified atom stereocenters. The summed E-state index contributed by atoms with van der Waals surface area (Å²) >= 11 is 12.2. The molecular weight excluding hydrogens is 383 g/mol. The van der Waals surface area contributed by atoms with Gasteiger partial charge in [-0.1, -0.05) is 41.4 Å². The zero-order valence-corrected chi connectivity index (χ0v) is 16.4. The maximum absolute atomic E-state index is 11.4. The summed E-state index contributed by atoms with van der Waals surface area (Å²) in [5.74, 6) is 0.628. The summed E-state index contributed by atoms with van der Waals surface area (Å²) in [6.45, 7) is 0.0380. The van der Waals surface area contributed by atoms with Crippen molar-refractivity contribution in [3.8, 4) is 5.75 Å². The minimum atomic E-state index is -3.53. The number of aryl methyl sites for hydroxylation is 1. The topological polar surface area (TPSA) is 52.6 Å². The van der Waals surface area contributed by atoms with Gasteiger partial charge in [0.15, 0.2) is 0 Å². The van der Waals surface area contributed by atoms with Crippen LogP contribution in [-0.4, -0.2) is 28.4 Å². The van der Waals surface area contributed by atoms with Crippen LogP contribution < -0.4 is 4.74 Å². The number of methoxy groups -OCH3 is 1. The highest BCUT2D eigenvalue weighted by atomic mass is 35.5. The average Bonchev–Trinajstić information content (AvgIpc) is 2.55. The van der Waals surface area contributed by atoms with Gasteiger partial charge in [-0.2, -0.15) is 8.42 Å². The van der Waals surface area contributed by atoms with Gasteiger partial charge in [0.25, 0.3) is 10.1 Å². The Balaban J connectivity index is 2.15. The van der Waals surface area contributed by atoms with Crippen molar-refractivity contribution in [2.24, 2.45) is 0 Å². The predicted octanol–water partition coefficient (Wildman–Crippen LogP) is 4.69. The van der Waals surface area contributed by atoms with Crippen molar-refractivity contribution in [3.05, 3.63) is 63.6 Å². The van der Waals surface area contributed by atoms with E-state index in [1.54, 1.807) is 19.2 Å². The highest BCUT2D eigenvalue weighted by Crippen LogP contribution is 2.31. The van der Waals surface area contributed by atoms with E-state index < -0.39 is 10.1 Å². The minimum Gasteiger partial charge on any atom is -0.497 e. The lowest BCUT2D eigenvalue weighted by molar-refractivity contribution is 0.288. The van der Waals surface area contributed by atoms with Gasteiger partial charge in [-0.3, -0.25) is 4.18 Å². The first-order chi connectivity index (χ1) is 11.8. The van der Waals surface area contributed by atoms with Crippen LogP contribution in [-0.2, 0) is 20.7 Å².